The van der Waals surface area contributed by atoms with Crippen molar-refractivity contribution in [1.82, 2.24) is 4.98 Å². The highest BCUT2D eigenvalue weighted by molar-refractivity contribution is 7.13. The summed E-state index contributed by atoms with van der Waals surface area (Å²) >= 11 is 1.38. The summed E-state index contributed by atoms with van der Waals surface area (Å²) < 4.78 is 0. The quantitative estimate of drug-likeness (QED) is 0.197. The number of benzene rings is 4. The lowest BCUT2D eigenvalue weighted by molar-refractivity contribution is -0.573. The van der Waals surface area contributed by atoms with Crippen LogP contribution in [-0.4, -0.2) is 15.8 Å². The van der Waals surface area contributed by atoms with Crippen LogP contribution in [0.3, 0.4) is 0 Å². The first-order valence-electron chi connectivity index (χ1n) is 13.0. The molecule has 2 bridgehead atoms. The van der Waals surface area contributed by atoms with Gasteiger partial charge in [0.2, 0.25) is 5.91 Å². The maximum Gasteiger partial charge on any atom is 0.273 e. The highest BCUT2D eigenvalue weighted by atomic mass is 32.1. The number of thiazole rings is 1. The van der Waals surface area contributed by atoms with Gasteiger partial charge in [0.05, 0.1) is 11.1 Å². The zero-order chi connectivity index (χ0) is 26.8. The van der Waals surface area contributed by atoms with Gasteiger partial charge in [-0.2, -0.15) is 0 Å². The van der Waals surface area contributed by atoms with Crippen molar-refractivity contribution in [2.45, 2.75) is 31.2 Å². The summed E-state index contributed by atoms with van der Waals surface area (Å²) in [5.74, 6) is -0.532. The van der Waals surface area contributed by atoms with Crippen molar-refractivity contribution < 1.29 is 9.72 Å². The van der Waals surface area contributed by atoms with E-state index in [4.69, 9.17) is 4.98 Å². The average Bonchev–Trinajstić information content (AvgIpc) is 3.39. The molecule has 0 aliphatic heterocycles. The van der Waals surface area contributed by atoms with Crippen LogP contribution >= 0.6 is 11.3 Å². The maximum absolute atomic E-state index is 14.0. The molecule has 0 radical (unpaired) electrons. The van der Waals surface area contributed by atoms with Gasteiger partial charge in [-0.1, -0.05) is 91.0 Å². The van der Waals surface area contributed by atoms with E-state index in [1.807, 2.05) is 79.0 Å². The zero-order valence-corrected chi connectivity index (χ0v) is 22.1. The van der Waals surface area contributed by atoms with E-state index in [0.29, 0.717) is 22.7 Å². The van der Waals surface area contributed by atoms with Crippen LogP contribution in [0, 0.1) is 15.5 Å². The number of hydrogen-bond acceptors (Lipinski definition) is 5. The molecule has 0 fully saturated rings. The third kappa shape index (κ3) is 3.39. The molecule has 1 aromatic heterocycles. The number of hydrogen-bond donors (Lipinski definition) is 1. The van der Waals surface area contributed by atoms with Gasteiger partial charge in [-0.25, -0.2) is 4.98 Å². The third-order valence-corrected chi connectivity index (χ3v) is 9.36. The number of rotatable bonds is 5. The Morgan fingerprint density at radius 1 is 0.974 bits per heavy atom. The fraction of sp³-hybridized carbons (Fsp3) is 0.188. The lowest BCUT2D eigenvalue weighted by Crippen LogP contribution is -2.57. The fourth-order valence-electron chi connectivity index (χ4n) is 6.87. The highest BCUT2D eigenvalue weighted by Crippen LogP contribution is 2.64. The molecule has 1 heterocycles. The van der Waals surface area contributed by atoms with Crippen molar-refractivity contribution in [3.63, 3.8) is 0 Å². The van der Waals surface area contributed by atoms with E-state index in [9.17, 15) is 14.9 Å². The second kappa shape index (κ2) is 8.58. The smallest absolute Gasteiger partial charge is 0.273 e. The molecule has 0 saturated carbocycles. The molecule has 192 valence electrons. The Morgan fingerprint density at radius 2 is 1.62 bits per heavy atom. The predicted octanol–water partition coefficient (Wildman–Crippen LogP) is 6.90. The minimum atomic E-state index is -1.48. The van der Waals surface area contributed by atoms with Crippen molar-refractivity contribution in [2.75, 3.05) is 5.32 Å². The summed E-state index contributed by atoms with van der Waals surface area (Å²) in [6.07, 6.45) is 0.741. The molecule has 1 unspecified atom stereocenters. The van der Waals surface area contributed by atoms with Gasteiger partial charge in [-0.15, -0.1) is 11.3 Å². The van der Waals surface area contributed by atoms with Gasteiger partial charge in [-0.3, -0.25) is 14.9 Å². The molecule has 1 amide bonds. The average molecular weight is 532 g/mol. The number of aromatic nitrogens is 1. The van der Waals surface area contributed by atoms with Gasteiger partial charge in [0, 0.05) is 40.2 Å². The van der Waals surface area contributed by atoms with E-state index in [-0.39, 0.29) is 23.2 Å². The van der Waals surface area contributed by atoms with Gasteiger partial charge < -0.3 is 5.32 Å². The maximum atomic E-state index is 14.0. The Hall–Kier alpha value is -4.36. The molecule has 7 heteroatoms. The molecule has 39 heavy (non-hydrogen) atoms. The molecule has 3 aliphatic carbocycles. The van der Waals surface area contributed by atoms with E-state index >= 15 is 0 Å². The van der Waals surface area contributed by atoms with E-state index < -0.39 is 11.0 Å². The second-order valence-electron chi connectivity index (χ2n) is 10.7. The number of carbonyl (C=O) groups is 1. The van der Waals surface area contributed by atoms with Gasteiger partial charge >= 0.3 is 0 Å². The lowest BCUT2D eigenvalue weighted by atomic mass is 9.49. The molecule has 0 saturated heterocycles. The standard InChI is InChI=1S/C32H25N3O3S/c1-31(19-32(35(37)38)26-15-6-4-13-24(26)28(31)25-14-5-7-16-27(25)32)29(36)34-30-33-22(18-39-30)17-21-11-8-10-20-9-2-3-12-23(20)21/h2-16,18,28H,17,19H2,1H3,(H,33,34,36). The molecule has 1 atom stereocenters. The first-order valence-corrected chi connectivity index (χ1v) is 13.9. The minimum Gasteiger partial charge on any atom is -0.301 e. The Morgan fingerprint density at radius 3 is 2.33 bits per heavy atom. The van der Waals surface area contributed by atoms with E-state index in [2.05, 4.69) is 29.6 Å². The molecule has 0 spiro atoms. The predicted molar refractivity (Wildman–Crippen MR) is 153 cm³/mol. The zero-order valence-electron chi connectivity index (χ0n) is 21.3. The summed E-state index contributed by atoms with van der Waals surface area (Å²) in [6.45, 7) is 1.86. The Labute approximate surface area is 229 Å². The van der Waals surface area contributed by atoms with Crippen LogP contribution < -0.4 is 5.32 Å². The van der Waals surface area contributed by atoms with Gasteiger partial charge in [-0.05, 0) is 34.4 Å². The van der Waals surface area contributed by atoms with Gasteiger partial charge in [0.15, 0.2) is 5.13 Å². The third-order valence-electron chi connectivity index (χ3n) is 8.55. The lowest BCUT2D eigenvalue weighted by Gasteiger charge is -2.52. The number of fused-ring (bicyclic) bond motifs is 2. The SMILES string of the molecule is CC1(C(=O)Nc2nc(Cc3cccc4ccccc34)cs2)CC2([N+](=O)[O-])c3ccccc3C1c1ccccc12. The molecular weight excluding hydrogens is 506 g/mol. The van der Waals surface area contributed by atoms with Gasteiger partial charge in [0.25, 0.3) is 5.54 Å². The summed E-state index contributed by atoms with van der Waals surface area (Å²) in [6, 6.07) is 29.6. The van der Waals surface area contributed by atoms with Crippen molar-refractivity contribution in [1.29, 1.82) is 0 Å². The van der Waals surface area contributed by atoms with Crippen LogP contribution in [0.2, 0.25) is 0 Å². The Kier molecular flexibility index (Phi) is 5.22. The molecule has 8 rings (SSSR count). The molecular formula is C32H25N3O3S. The monoisotopic (exact) mass is 531 g/mol. The topological polar surface area (TPSA) is 85.1 Å². The van der Waals surface area contributed by atoms with Crippen LogP contribution in [0.4, 0.5) is 5.13 Å². The number of amides is 1. The molecule has 5 aromatic rings. The molecule has 1 N–H and O–H groups in total. The number of nitrogens with one attached hydrogen (secondary N) is 1. The van der Waals surface area contributed by atoms with Crippen LogP contribution in [0.15, 0.2) is 96.4 Å². The summed E-state index contributed by atoms with van der Waals surface area (Å²) in [5, 5.41) is 20.7. The van der Waals surface area contributed by atoms with Crippen LogP contribution in [-0.2, 0) is 16.8 Å². The minimum absolute atomic E-state index is 0.0891. The number of nitrogens with zero attached hydrogens (tertiary/aromatic N) is 2. The number of carbonyl (C=O) groups excluding carboxylic acids is 1. The number of anilines is 1. The van der Waals surface area contributed by atoms with Crippen molar-refractivity contribution in [3.8, 4) is 0 Å². The molecule has 6 nitrogen and oxygen atoms in total. The first-order chi connectivity index (χ1) is 18.9. The number of nitro groups is 1. The van der Waals surface area contributed by atoms with Crippen LogP contribution in [0.5, 0.6) is 0 Å². The van der Waals surface area contributed by atoms with E-state index in [1.54, 1.807) is 0 Å². The normalized spacial score (nSPS) is 22.7. The summed E-state index contributed by atoms with van der Waals surface area (Å²) in [7, 11) is 0. The summed E-state index contributed by atoms with van der Waals surface area (Å²) in [5.41, 5.74) is 2.63. The van der Waals surface area contributed by atoms with Crippen LogP contribution in [0.1, 0.15) is 52.8 Å². The van der Waals surface area contributed by atoms with Crippen molar-refractivity contribution >= 4 is 33.1 Å². The first kappa shape index (κ1) is 23.7. The largest absolute Gasteiger partial charge is 0.301 e. The van der Waals surface area contributed by atoms with Crippen molar-refractivity contribution in [3.05, 3.63) is 140 Å². The second-order valence-corrected chi connectivity index (χ2v) is 11.6. The summed E-state index contributed by atoms with van der Waals surface area (Å²) in [4.78, 5) is 31.4. The van der Waals surface area contributed by atoms with E-state index in [1.165, 1.54) is 27.7 Å². The Balaban J connectivity index is 1.23. The van der Waals surface area contributed by atoms with Gasteiger partial charge in [0.1, 0.15) is 0 Å². The van der Waals surface area contributed by atoms with Crippen molar-refractivity contribution in [2.24, 2.45) is 5.41 Å². The highest BCUT2D eigenvalue weighted by Gasteiger charge is 2.67. The Bertz CT molecular complexity index is 1740. The molecule has 4 aromatic carbocycles. The van der Waals surface area contributed by atoms with Crippen LogP contribution in [0.25, 0.3) is 10.8 Å². The van der Waals surface area contributed by atoms with E-state index in [0.717, 1.165) is 16.8 Å². The molecule has 3 aliphatic rings. The fourth-order valence-corrected chi connectivity index (χ4v) is 7.58.